The molecule has 0 amide bonds. The Morgan fingerprint density at radius 2 is 1.72 bits per heavy atom. The summed E-state index contributed by atoms with van der Waals surface area (Å²) >= 11 is 6.76. The Morgan fingerprint density at radius 1 is 0.944 bits per heavy atom. The monoisotopic (exact) mass is 757 g/mol. The van der Waals surface area contributed by atoms with Crippen molar-refractivity contribution in [3.63, 3.8) is 0 Å². The summed E-state index contributed by atoms with van der Waals surface area (Å²) in [5, 5.41) is 22.5. The summed E-state index contributed by atoms with van der Waals surface area (Å²) < 4.78 is 24.6. The van der Waals surface area contributed by atoms with Crippen LogP contribution < -0.4 is 19.5 Å². The van der Waals surface area contributed by atoms with Gasteiger partial charge in [-0.3, -0.25) is 9.78 Å². The molecule has 2 fully saturated rings. The number of nitrogens with zero attached hydrogens (tertiary/aromatic N) is 2. The third kappa shape index (κ3) is 10.5. The molecule has 54 heavy (non-hydrogen) atoms. The van der Waals surface area contributed by atoms with E-state index >= 15 is 0 Å². The molecule has 2 saturated heterocycles. The Labute approximate surface area is 323 Å². The normalized spacial score (nSPS) is 16.0. The van der Waals surface area contributed by atoms with E-state index in [2.05, 4.69) is 59.4 Å². The van der Waals surface area contributed by atoms with Crippen LogP contribution in [0.15, 0.2) is 73.1 Å². The van der Waals surface area contributed by atoms with Crippen LogP contribution in [0.4, 0.5) is 0 Å². The summed E-state index contributed by atoms with van der Waals surface area (Å²) in [5.74, 6) is 0.876. The summed E-state index contributed by atoms with van der Waals surface area (Å²) in [6.07, 6.45) is 6.76. The second-order valence-corrected chi connectivity index (χ2v) is 15.0. The van der Waals surface area contributed by atoms with Gasteiger partial charge in [-0.1, -0.05) is 48.0 Å². The van der Waals surface area contributed by atoms with Crippen molar-refractivity contribution in [1.29, 1.82) is 0 Å². The number of benzene rings is 3. The van der Waals surface area contributed by atoms with E-state index in [9.17, 15) is 9.90 Å². The Kier molecular flexibility index (Phi) is 13.8. The van der Waals surface area contributed by atoms with Gasteiger partial charge in [-0.05, 0) is 104 Å². The number of aliphatic carboxylic acids is 1. The van der Waals surface area contributed by atoms with Crippen molar-refractivity contribution in [1.82, 2.24) is 15.2 Å². The van der Waals surface area contributed by atoms with Crippen molar-refractivity contribution in [2.45, 2.75) is 71.8 Å². The first-order chi connectivity index (χ1) is 26.2. The topological polar surface area (TPSA) is 123 Å². The summed E-state index contributed by atoms with van der Waals surface area (Å²) in [4.78, 5) is 17.7. The average Bonchev–Trinajstić information content (AvgIpc) is 3.62. The number of piperidine rings is 1. The van der Waals surface area contributed by atoms with Crippen LogP contribution in [0.25, 0.3) is 11.1 Å². The minimum atomic E-state index is -1.06. The molecule has 10 nitrogen and oxygen atoms in total. The van der Waals surface area contributed by atoms with E-state index < -0.39 is 12.1 Å². The van der Waals surface area contributed by atoms with Gasteiger partial charge in [-0.15, -0.1) is 0 Å². The second kappa shape index (κ2) is 18.9. The number of carboxylic acids is 1. The summed E-state index contributed by atoms with van der Waals surface area (Å²) in [6.45, 7) is 11.1. The van der Waals surface area contributed by atoms with Gasteiger partial charge in [-0.2, -0.15) is 0 Å². The lowest BCUT2D eigenvalue weighted by molar-refractivity contribution is -0.139. The van der Waals surface area contributed by atoms with Crippen LogP contribution in [0.2, 0.25) is 5.02 Å². The first-order valence-electron chi connectivity index (χ1n) is 18.9. The lowest BCUT2D eigenvalue weighted by atomic mass is 9.78. The first kappa shape index (κ1) is 39.5. The summed E-state index contributed by atoms with van der Waals surface area (Å²) in [6, 6.07) is 19.8. The molecule has 0 unspecified atom stereocenters. The number of hydrogen-bond acceptors (Lipinski definition) is 9. The van der Waals surface area contributed by atoms with Crippen LogP contribution in [0.1, 0.15) is 59.9 Å². The van der Waals surface area contributed by atoms with Gasteiger partial charge in [0, 0.05) is 55.8 Å². The molecule has 0 aliphatic carbocycles. The number of hydrogen-bond donors (Lipinski definition) is 3. The Hall–Kier alpha value is -4.19. The third-order valence-electron chi connectivity index (χ3n) is 10.7. The maximum Gasteiger partial charge on any atom is 0.306 e. The summed E-state index contributed by atoms with van der Waals surface area (Å²) in [5.41, 5.74) is 7.56. The number of likely N-dealkylation sites (tertiary alicyclic amines) is 1. The molecule has 3 heterocycles. The van der Waals surface area contributed by atoms with E-state index in [4.69, 9.17) is 35.7 Å². The molecule has 2 aliphatic heterocycles. The van der Waals surface area contributed by atoms with E-state index in [1.807, 2.05) is 18.2 Å². The molecule has 1 aromatic heterocycles. The zero-order valence-electron chi connectivity index (χ0n) is 31.3. The lowest BCUT2D eigenvalue weighted by Crippen LogP contribution is -2.41. The van der Waals surface area contributed by atoms with E-state index in [1.165, 1.54) is 19.3 Å². The molecule has 0 bridgehead atoms. The van der Waals surface area contributed by atoms with Gasteiger partial charge >= 0.3 is 5.97 Å². The minimum Gasteiger partial charge on any atom is -0.493 e. The number of aliphatic hydroxyl groups is 1. The van der Waals surface area contributed by atoms with Crippen molar-refractivity contribution in [2.75, 3.05) is 46.0 Å². The number of halogens is 1. The Morgan fingerprint density at radius 3 is 2.46 bits per heavy atom. The van der Waals surface area contributed by atoms with Crippen LogP contribution >= 0.6 is 11.6 Å². The molecule has 0 saturated carbocycles. The maximum atomic E-state index is 11.0. The highest BCUT2D eigenvalue weighted by molar-refractivity contribution is 6.32. The van der Waals surface area contributed by atoms with E-state index in [1.54, 1.807) is 24.5 Å². The Bertz CT molecular complexity index is 1840. The number of carbonyl (C=O) groups is 1. The van der Waals surface area contributed by atoms with Gasteiger partial charge in [0.1, 0.15) is 30.5 Å². The molecule has 6 rings (SSSR count). The quantitative estimate of drug-likeness (QED) is 0.0887. The van der Waals surface area contributed by atoms with Gasteiger partial charge in [0.05, 0.1) is 30.8 Å². The fourth-order valence-corrected chi connectivity index (χ4v) is 7.61. The van der Waals surface area contributed by atoms with Crippen molar-refractivity contribution in [2.24, 2.45) is 5.41 Å². The number of pyridine rings is 1. The zero-order valence-corrected chi connectivity index (χ0v) is 32.1. The van der Waals surface area contributed by atoms with Crippen LogP contribution in [-0.4, -0.2) is 78.2 Å². The number of rotatable bonds is 18. The first-order valence-corrected chi connectivity index (χ1v) is 19.3. The maximum absolute atomic E-state index is 11.0. The van der Waals surface area contributed by atoms with E-state index in [-0.39, 0.29) is 19.6 Å². The Balaban J connectivity index is 1.09. The number of nitrogens with one attached hydrogen (secondary N) is 1. The van der Waals surface area contributed by atoms with Gasteiger partial charge < -0.3 is 39.4 Å². The fourth-order valence-electron chi connectivity index (χ4n) is 7.37. The molecule has 0 radical (unpaired) electrons. The van der Waals surface area contributed by atoms with Gasteiger partial charge in [0.25, 0.3) is 0 Å². The number of aliphatic hydroxyl groups excluding tert-OH is 1. The molecule has 4 aromatic rings. The summed E-state index contributed by atoms with van der Waals surface area (Å²) in [7, 11) is 0. The molecule has 3 aromatic carbocycles. The average molecular weight is 758 g/mol. The smallest absolute Gasteiger partial charge is 0.306 e. The van der Waals surface area contributed by atoms with E-state index in [0.717, 1.165) is 84.0 Å². The largest absolute Gasteiger partial charge is 0.493 e. The van der Waals surface area contributed by atoms with Gasteiger partial charge in [0.2, 0.25) is 0 Å². The van der Waals surface area contributed by atoms with Crippen LogP contribution in [-0.2, 0) is 29.3 Å². The van der Waals surface area contributed by atoms with Crippen LogP contribution in [0, 0.1) is 19.3 Å². The van der Waals surface area contributed by atoms with Crippen LogP contribution in [0.5, 0.6) is 17.2 Å². The fraction of sp³-hybridized carbons (Fsp3) is 0.442. The van der Waals surface area contributed by atoms with Crippen molar-refractivity contribution in [3.05, 3.63) is 106 Å². The highest BCUT2D eigenvalue weighted by Gasteiger charge is 2.37. The van der Waals surface area contributed by atoms with Crippen molar-refractivity contribution >= 4 is 17.6 Å². The third-order valence-corrected chi connectivity index (χ3v) is 11.0. The molecule has 1 atom stereocenters. The van der Waals surface area contributed by atoms with Crippen molar-refractivity contribution in [3.8, 4) is 28.4 Å². The highest BCUT2D eigenvalue weighted by Crippen LogP contribution is 2.39. The number of aromatic nitrogens is 1. The number of carboxylic acid groups (broad SMARTS) is 1. The van der Waals surface area contributed by atoms with Gasteiger partial charge in [-0.25, -0.2) is 0 Å². The van der Waals surface area contributed by atoms with Crippen molar-refractivity contribution < 1.29 is 34.0 Å². The SMILES string of the molecule is Cc1c(COc2cc(OCc3cccnc3)c(CNC[C@@H](O)CC(=O)O)cc2Cl)cccc1-c1cccc(OCCCN2CCC3(CCOC3)CC2)c1C. The highest BCUT2D eigenvalue weighted by atomic mass is 35.5. The second-order valence-electron chi connectivity index (χ2n) is 14.6. The molecule has 11 heteroatoms. The molecular formula is C43H52ClN3O7. The van der Waals surface area contributed by atoms with Crippen LogP contribution in [0.3, 0.4) is 0 Å². The number of ether oxygens (including phenoxy) is 4. The predicted molar refractivity (Wildman–Crippen MR) is 209 cm³/mol. The molecular weight excluding hydrogens is 706 g/mol. The molecule has 1 spiro atoms. The predicted octanol–water partition coefficient (Wildman–Crippen LogP) is 7.37. The van der Waals surface area contributed by atoms with Gasteiger partial charge in [0.15, 0.2) is 0 Å². The minimum absolute atomic E-state index is 0.102. The zero-order chi connectivity index (χ0) is 37.9. The van der Waals surface area contributed by atoms with E-state index in [0.29, 0.717) is 41.7 Å². The molecule has 2 aliphatic rings. The standard InChI is InChI=1S/C43H52ClN3O7/c1-30-33(28-54-41-23-40(53-27-32-7-5-15-45-24-32)34(21-38(41)44)25-46-26-35(48)22-42(49)50)8-3-9-36(30)37-10-4-11-39(31(37)2)52-19-6-16-47-17-12-43(13-18-47)14-20-51-29-43/h3-5,7-11,15,21,23-24,35,46,48H,6,12-14,16-20,22,25-29H2,1-2H3,(H,49,50)/t35-/m0/s1. The lowest BCUT2D eigenvalue weighted by Gasteiger charge is -2.38. The molecule has 288 valence electrons. The molecule has 3 N–H and O–H groups in total.